The van der Waals surface area contributed by atoms with Gasteiger partial charge in [-0.1, -0.05) is 31.5 Å². The average Bonchev–Trinajstić information content (AvgIpc) is 2.28. The minimum atomic E-state index is -0.897. The fraction of sp³-hybridized carbons (Fsp3) is 0.571. The van der Waals surface area contributed by atoms with E-state index >= 15 is 0 Å². The Balaban J connectivity index is 2.75. The number of rotatable bonds is 6. The van der Waals surface area contributed by atoms with E-state index < -0.39 is 10.8 Å². The summed E-state index contributed by atoms with van der Waals surface area (Å²) < 4.78 is 12.3. The highest BCUT2D eigenvalue weighted by Gasteiger charge is 2.13. The summed E-state index contributed by atoms with van der Waals surface area (Å²) in [7, 11) is -0.897. The van der Waals surface area contributed by atoms with Crippen molar-refractivity contribution in [3.63, 3.8) is 0 Å². The van der Waals surface area contributed by atoms with E-state index in [0.717, 1.165) is 23.4 Å². The van der Waals surface area contributed by atoms with Gasteiger partial charge in [-0.05, 0) is 38.4 Å². The Morgan fingerprint density at radius 3 is 2.53 bits per heavy atom. The lowest BCUT2D eigenvalue weighted by Crippen LogP contribution is -2.33. The first-order valence-corrected chi connectivity index (χ1v) is 7.59. The number of hydrogen-bond donors (Lipinski definition) is 1. The number of hydrogen-bond acceptors (Lipinski definition) is 2. The van der Waals surface area contributed by atoms with Crippen molar-refractivity contribution in [2.75, 3.05) is 12.3 Å². The van der Waals surface area contributed by atoms with Gasteiger partial charge in [-0.15, -0.1) is 0 Å². The third-order valence-electron chi connectivity index (χ3n) is 2.91. The van der Waals surface area contributed by atoms with Gasteiger partial charge in [0, 0.05) is 16.7 Å². The zero-order valence-corrected chi connectivity index (χ0v) is 12.1. The van der Waals surface area contributed by atoms with E-state index in [1.165, 1.54) is 5.56 Å². The van der Waals surface area contributed by atoms with Crippen LogP contribution in [0.3, 0.4) is 0 Å². The largest absolute Gasteiger partial charge is 0.313 e. The maximum Gasteiger partial charge on any atom is 0.0547 e. The summed E-state index contributed by atoms with van der Waals surface area (Å²) in [4.78, 5) is 0.979. The fourth-order valence-electron chi connectivity index (χ4n) is 1.94. The van der Waals surface area contributed by atoms with Crippen LogP contribution in [0.15, 0.2) is 23.1 Å². The molecule has 0 saturated heterocycles. The van der Waals surface area contributed by atoms with Crippen molar-refractivity contribution in [2.45, 2.75) is 45.1 Å². The van der Waals surface area contributed by atoms with Crippen LogP contribution in [0.25, 0.3) is 0 Å². The van der Waals surface area contributed by atoms with E-state index in [4.69, 9.17) is 0 Å². The molecular weight excluding hydrogens is 230 g/mol. The van der Waals surface area contributed by atoms with Crippen LogP contribution < -0.4 is 5.32 Å². The van der Waals surface area contributed by atoms with Gasteiger partial charge >= 0.3 is 0 Å². The minimum absolute atomic E-state index is 0.349. The first-order chi connectivity index (χ1) is 8.08. The van der Waals surface area contributed by atoms with Crippen LogP contribution in [-0.2, 0) is 10.8 Å². The second-order valence-corrected chi connectivity index (χ2v) is 5.91. The summed E-state index contributed by atoms with van der Waals surface area (Å²) in [6.07, 6.45) is 1.02. The summed E-state index contributed by atoms with van der Waals surface area (Å²) in [5.41, 5.74) is 2.36. The first-order valence-electron chi connectivity index (χ1n) is 6.27. The van der Waals surface area contributed by atoms with E-state index in [9.17, 15) is 4.21 Å². The predicted molar refractivity (Wildman–Crippen MR) is 74.9 cm³/mol. The third-order valence-corrected chi connectivity index (χ3v) is 4.57. The highest BCUT2D eigenvalue weighted by Crippen LogP contribution is 2.16. The molecular formula is C14H23NOS. The molecule has 0 heterocycles. The molecule has 0 radical (unpaired) electrons. The van der Waals surface area contributed by atoms with Crippen LogP contribution in [0.5, 0.6) is 0 Å². The topological polar surface area (TPSA) is 29.1 Å². The Morgan fingerprint density at radius 2 is 2.00 bits per heavy atom. The number of nitrogens with one attached hydrogen (secondary N) is 1. The SMILES string of the molecule is CCNC(CC)CS(=O)c1ccc(C)cc1C. The fourth-order valence-corrected chi connectivity index (χ4v) is 3.47. The lowest BCUT2D eigenvalue weighted by atomic mass is 10.2. The molecule has 1 rings (SSSR count). The highest BCUT2D eigenvalue weighted by atomic mass is 32.2. The van der Waals surface area contributed by atoms with Crippen molar-refractivity contribution in [3.8, 4) is 0 Å². The van der Waals surface area contributed by atoms with Gasteiger partial charge in [0.2, 0.25) is 0 Å². The molecule has 17 heavy (non-hydrogen) atoms. The van der Waals surface area contributed by atoms with E-state index in [1.807, 2.05) is 19.1 Å². The molecule has 96 valence electrons. The molecule has 1 aromatic rings. The summed E-state index contributed by atoms with van der Waals surface area (Å²) in [6.45, 7) is 9.25. The second kappa shape index (κ2) is 6.92. The maximum absolute atomic E-state index is 12.3. The molecule has 2 atom stereocenters. The molecule has 0 fully saturated rings. The van der Waals surface area contributed by atoms with Crippen LogP contribution in [0.4, 0.5) is 0 Å². The second-order valence-electron chi connectivity index (χ2n) is 4.44. The number of benzene rings is 1. The molecule has 0 saturated carbocycles. The molecule has 0 spiro atoms. The van der Waals surface area contributed by atoms with Gasteiger partial charge in [-0.2, -0.15) is 0 Å². The van der Waals surface area contributed by atoms with Crippen molar-refractivity contribution in [1.29, 1.82) is 0 Å². The van der Waals surface area contributed by atoms with Crippen molar-refractivity contribution >= 4 is 10.8 Å². The summed E-state index contributed by atoms with van der Waals surface area (Å²) in [6, 6.07) is 6.48. The predicted octanol–water partition coefficient (Wildman–Crippen LogP) is 2.80. The zero-order valence-electron chi connectivity index (χ0n) is 11.2. The standard InChI is InChI=1S/C14H23NOS/c1-5-13(15-6-2)10-17(16)14-8-7-11(3)9-12(14)4/h7-9,13,15H,5-6,10H2,1-4H3. The first kappa shape index (κ1) is 14.4. The van der Waals surface area contributed by atoms with E-state index in [-0.39, 0.29) is 0 Å². The van der Waals surface area contributed by atoms with Crippen LogP contribution in [0.1, 0.15) is 31.4 Å². The highest BCUT2D eigenvalue weighted by molar-refractivity contribution is 7.85. The normalized spacial score (nSPS) is 14.6. The quantitative estimate of drug-likeness (QED) is 0.844. The molecule has 1 aromatic carbocycles. The Morgan fingerprint density at radius 1 is 1.29 bits per heavy atom. The van der Waals surface area contributed by atoms with Gasteiger partial charge in [-0.25, -0.2) is 0 Å². The van der Waals surface area contributed by atoms with Gasteiger partial charge in [-0.3, -0.25) is 4.21 Å². The smallest absolute Gasteiger partial charge is 0.0547 e. The molecule has 0 aromatic heterocycles. The Bertz CT molecular complexity index is 390. The van der Waals surface area contributed by atoms with E-state index in [2.05, 4.69) is 32.2 Å². The number of aryl methyl sites for hydroxylation is 2. The van der Waals surface area contributed by atoms with Crippen molar-refractivity contribution < 1.29 is 4.21 Å². The molecule has 3 heteroatoms. The minimum Gasteiger partial charge on any atom is -0.313 e. The van der Waals surface area contributed by atoms with Gasteiger partial charge in [0.25, 0.3) is 0 Å². The average molecular weight is 253 g/mol. The monoisotopic (exact) mass is 253 g/mol. The summed E-state index contributed by atoms with van der Waals surface area (Å²) in [5, 5.41) is 3.37. The zero-order chi connectivity index (χ0) is 12.8. The maximum atomic E-state index is 12.3. The van der Waals surface area contributed by atoms with Crippen molar-refractivity contribution in [2.24, 2.45) is 0 Å². The van der Waals surface area contributed by atoms with Gasteiger partial charge in [0.15, 0.2) is 0 Å². The van der Waals surface area contributed by atoms with E-state index in [0.29, 0.717) is 11.8 Å². The molecule has 0 amide bonds. The Kier molecular flexibility index (Phi) is 5.86. The molecule has 0 bridgehead atoms. The van der Waals surface area contributed by atoms with Crippen LogP contribution in [-0.4, -0.2) is 22.5 Å². The Hall–Kier alpha value is -0.670. The summed E-state index contributed by atoms with van der Waals surface area (Å²) >= 11 is 0. The summed E-state index contributed by atoms with van der Waals surface area (Å²) in [5.74, 6) is 0.703. The lowest BCUT2D eigenvalue weighted by molar-refractivity contribution is 0.553. The van der Waals surface area contributed by atoms with Crippen molar-refractivity contribution in [1.82, 2.24) is 5.32 Å². The molecule has 2 unspecified atom stereocenters. The van der Waals surface area contributed by atoms with Crippen LogP contribution >= 0.6 is 0 Å². The van der Waals surface area contributed by atoms with E-state index in [1.54, 1.807) is 0 Å². The molecule has 0 aliphatic carbocycles. The Labute approximate surface area is 107 Å². The molecule has 0 aliphatic rings. The third kappa shape index (κ3) is 4.25. The molecule has 2 nitrogen and oxygen atoms in total. The van der Waals surface area contributed by atoms with Crippen molar-refractivity contribution in [3.05, 3.63) is 29.3 Å². The van der Waals surface area contributed by atoms with Gasteiger partial charge in [0.1, 0.15) is 0 Å². The van der Waals surface area contributed by atoms with Gasteiger partial charge in [0.05, 0.1) is 10.8 Å². The van der Waals surface area contributed by atoms with Crippen LogP contribution in [0, 0.1) is 13.8 Å². The molecule has 1 N–H and O–H groups in total. The van der Waals surface area contributed by atoms with Crippen LogP contribution in [0.2, 0.25) is 0 Å². The van der Waals surface area contributed by atoms with Gasteiger partial charge < -0.3 is 5.32 Å². The molecule has 0 aliphatic heterocycles. The lowest BCUT2D eigenvalue weighted by Gasteiger charge is -2.16.